The lowest BCUT2D eigenvalue weighted by Crippen LogP contribution is -2.41. The van der Waals surface area contributed by atoms with E-state index in [0.29, 0.717) is 30.7 Å². The van der Waals surface area contributed by atoms with Crippen LogP contribution in [0, 0.1) is 11.8 Å². The molecule has 2 aromatic heterocycles. The van der Waals surface area contributed by atoms with E-state index in [4.69, 9.17) is 0 Å². The molecule has 2 atom stereocenters. The van der Waals surface area contributed by atoms with Crippen molar-refractivity contribution in [3.8, 4) is 0 Å². The van der Waals surface area contributed by atoms with Gasteiger partial charge in [-0.05, 0) is 42.7 Å². The van der Waals surface area contributed by atoms with Crippen LogP contribution in [0.3, 0.4) is 0 Å². The first-order chi connectivity index (χ1) is 12.0. The first kappa shape index (κ1) is 16.0. The number of nitrogens with zero attached hydrogens (tertiary/aromatic N) is 4. The van der Waals surface area contributed by atoms with Crippen LogP contribution in [0.4, 0.5) is 4.79 Å². The van der Waals surface area contributed by atoms with E-state index < -0.39 is 0 Å². The molecular weight excluding hydrogens is 320 g/mol. The molecule has 134 valence electrons. The molecule has 3 heterocycles. The maximum absolute atomic E-state index is 12.8. The highest BCUT2D eigenvalue weighted by molar-refractivity contribution is 5.75. The number of H-pyrrole nitrogens is 1. The number of rotatable bonds is 4. The number of aromatic amines is 1. The average Bonchev–Trinajstić information content (AvgIpc) is 3.07. The van der Waals surface area contributed by atoms with Crippen molar-refractivity contribution in [1.29, 1.82) is 0 Å². The van der Waals surface area contributed by atoms with Crippen LogP contribution in [0.2, 0.25) is 0 Å². The fourth-order valence-electron chi connectivity index (χ4n) is 3.96. The molecule has 2 amide bonds. The Kier molecular flexibility index (Phi) is 3.89. The lowest BCUT2D eigenvalue weighted by molar-refractivity contribution is 0.178. The number of aryl methyl sites for hydroxylation is 1. The molecule has 0 radical (unpaired) electrons. The Morgan fingerprint density at radius 1 is 1.36 bits per heavy atom. The van der Waals surface area contributed by atoms with Gasteiger partial charge in [-0.25, -0.2) is 14.7 Å². The minimum atomic E-state index is -0.235. The zero-order valence-electron chi connectivity index (χ0n) is 14.6. The first-order valence-corrected chi connectivity index (χ1v) is 8.81. The maximum Gasteiger partial charge on any atom is 0.343 e. The van der Waals surface area contributed by atoms with Crippen LogP contribution in [-0.2, 0) is 20.6 Å². The van der Waals surface area contributed by atoms with Crippen molar-refractivity contribution in [3.05, 3.63) is 40.3 Å². The molecular formula is C17H24N6O2. The lowest BCUT2D eigenvalue weighted by atomic mass is 9.94. The van der Waals surface area contributed by atoms with E-state index in [0.717, 1.165) is 12.0 Å². The third-order valence-electron chi connectivity index (χ3n) is 5.45. The van der Waals surface area contributed by atoms with Crippen LogP contribution < -0.4 is 11.0 Å². The van der Waals surface area contributed by atoms with Gasteiger partial charge in [0.15, 0.2) is 5.82 Å². The second-order valence-corrected chi connectivity index (χ2v) is 7.22. The van der Waals surface area contributed by atoms with E-state index in [1.807, 2.05) is 35.0 Å². The van der Waals surface area contributed by atoms with Crippen molar-refractivity contribution in [3.63, 3.8) is 0 Å². The Balaban J connectivity index is 1.53. The number of hydrogen-bond acceptors (Lipinski definition) is 3. The van der Waals surface area contributed by atoms with Gasteiger partial charge in [0.2, 0.25) is 0 Å². The molecule has 8 heteroatoms. The number of carbonyl (C=O) groups excluding carboxylic acids is 1. The molecule has 2 aliphatic rings. The van der Waals surface area contributed by atoms with Gasteiger partial charge in [-0.3, -0.25) is 4.57 Å². The Morgan fingerprint density at radius 3 is 2.76 bits per heavy atom. The maximum atomic E-state index is 12.8. The van der Waals surface area contributed by atoms with Crippen molar-refractivity contribution >= 4 is 6.03 Å². The molecule has 2 unspecified atom stereocenters. The van der Waals surface area contributed by atoms with Crippen molar-refractivity contribution in [2.45, 2.75) is 31.8 Å². The Hall–Kier alpha value is -2.51. The highest BCUT2D eigenvalue weighted by atomic mass is 16.2. The minimum absolute atomic E-state index is 0.0903. The zero-order valence-corrected chi connectivity index (χ0v) is 14.6. The van der Waals surface area contributed by atoms with Crippen molar-refractivity contribution in [2.24, 2.45) is 25.9 Å². The van der Waals surface area contributed by atoms with E-state index in [1.54, 1.807) is 7.05 Å². The molecule has 8 nitrogen and oxygen atoms in total. The summed E-state index contributed by atoms with van der Waals surface area (Å²) in [4.78, 5) is 26.4. The standard InChI is InChI=1S/C17H24N6O2/c1-21-7-5-11(10-21)9-18-16(24)23-8-6-13(12-3-4-12)14(23)15-19-20-17(25)22(15)2/h5,7,10,12-14H,3-4,6,8-9H2,1-2H3,(H,18,24)(H,20,25). The van der Waals surface area contributed by atoms with Gasteiger partial charge < -0.3 is 14.8 Å². The van der Waals surface area contributed by atoms with E-state index in [1.165, 1.54) is 17.4 Å². The molecule has 0 aromatic carbocycles. The van der Waals surface area contributed by atoms with Gasteiger partial charge in [-0.1, -0.05) is 0 Å². The number of likely N-dealkylation sites (tertiary alicyclic amines) is 1. The number of carbonyl (C=O) groups is 1. The Bertz CT molecular complexity index is 830. The molecule has 1 aliphatic heterocycles. The quantitative estimate of drug-likeness (QED) is 0.871. The first-order valence-electron chi connectivity index (χ1n) is 8.81. The summed E-state index contributed by atoms with van der Waals surface area (Å²) in [6, 6.07) is 1.77. The third-order valence-corrected chi connectivity index (χ3v) is 5.45. The third kappa shape index (κ3) is 2.96. The smallest absolute Gasteiger partial charge is 0.343 e. The fourth-order valence-corrected chi connectivity index (χ4v) is 3.96. The summed E-state index contributed by atoms with van der Waals surface area (Å²) < 4.78 is 3.49. The van der Waals surface area contributed by atoms with Crippen LogP contribution in [-0.4, -0.2) is 36.8 Å². The monoisotopic (exact) mass is 344 g/mol. The second-order valence-electron chi connectivity index (χ2n) is 7.22. The highest BCUT2D eigenvalue weighted by Gasteiger charge is 2.47. The van der Waals surface area contributed by atoms with Crippen molar-refractivity contribution in [2.75, 3.05) is 6.54 Å². The molecule has 0 spiro atoms. The summed E-state index contributed by atoms with van der Waals surface area (Å²) in [6.45, 7) is 1.20. The molecule has 1 saturated carbocycles. The van der Waals surface area contributed by atoms with Gasteiger partial charge in [0.1, 0.15) is 0 Å². The molecule has 25 heavy (non-hydrogen) atoms. The van der Waals surface area contributed by atoms with Gasteiger partial charge in [-0.2, -0.15) is 5.10 Å². The highest BCUT2D eigenvalue weighted by Crippen LogP contribution is 2.49. The Morgan fingerprint density at radius 2 is 2.16 bits per heavy atom. The average molecular weight is 344 g/mol. The van der Waals surface area contributed by atoms with Crippen LogP contribution >= 0.6 is 0 Å². The van der Waals surface area contributed by atoms with Crippen LogP contribution in [0.1, 0.15) is 36.7 Å². The second kappa shape index (κ2) is 6.09. The number of nitrogens with one attached hydrogen (secondary N) is 2. The molecule has 1 aliphatic carbocycles. The molecule has 2 N–H and O–H groups in total. The summed E-state index contributed by atoms with van der Waals surface area (Å²) in [5.74, 6) is 1.69. The van der Waals surface area contributed by atoms with E-state index in [2.05, 4.69) is 15.5 Å². The van der Waals surface area contributed by atoms with Crippen LogP contribution in [0.25, 0.3) is 0 Å². The van der Waals surface area contributed by atoms with Crippen molar-refractivity contribution in [1.82, 2.24) is 29.5 Å². The van der Waals surface area contributed by atoms with Gasteiger partial charge in [0.05, 0.1) is 6.04 Å². The Labute approximate surface area is 145 Å². The van der Waals surface area contributed by atoms with Gasteiger partial charge in [0, 0.05) is 39.6 Å². The molecule has 2 aromatic rings. The largest absolute Gasteiger partial charge is 0.357 e. The zero-order chi connectivity index (χ0) is 17.6. The minimum Gasteiger partial charge on any atom is -0.357 e. The predicted octanol–water partition coefficient (Wildman–Crippen LogP) is 1.13. The summed E-state index contributed by atoms with van der Waals surface area (Å²) in [7, 11) is 3.67. The van der Waals surface area contributed by atoms with Gasteiger partial charge >= 0.3 is 11.7 Å². The summed E-state index contributed by atoms with van der Waals surface area (Å²) in [5.41, 5.74) is 0.832. The summed E-state index contributed by atoms with van der Waals surface area (Å²) >= 11 is 0. The molecule has 0 bridgehead atoms. The number of hydrogen-bond donors (Lipinski definition) is 2. The topological polar surface area (TPSA) is 88.0 Å². The van der Waals surface area contributed by atoms with E-state index in [-0.39, 0.29) is 17.8 Å². The summed E-state index contributed by atoms with van der Waals surface area (Å²) in [6.07, 6.45) is 7.34. The summed E-state index contributed by atoms with van der Waals surface area (Å²) in [5, 5.41) is 9.73. The normalized spacial score (nSPS) is 23.2. The van der Waals surface area contributed by atoms with Crippen LogP contribution in [0.5, 0.6) is 0 Å². The van der Waals surface area contributed by atoms with Crippen molar-refractivity contribution < 1.29 is 4.79 Å². The van der Waals surface area contributed by atoms with Gasteiger partial charge in [0.25, 0.3) is 0 Å². The SMILES string of the molecule is Cn1ccc(CNC(=O)N2CCC(C3CC3)C2c2n[nH]c(=O)n2C)c1. The van der Waals surface area contributed by atoms with Crippen LogP contribution in [0.15, 0.2) is 23.3 Å². The fraction of sp³-hybridized carbons (Fsp3) is 0.588. The lowest BCUT2D eigenvalue weighted by Gasteiger charge is -2.27. The number of aromatic nitrogens is 4. The van der Waals surface area contributed by atoms with Gasteiger partial charge in [-0.15, -0.1) is 0 Å². The molecule has 4 rings (SSSR count). The molecule has 1 saturated heterocycles. The van der Waals surface area contributed by atoms with E-state index >= 15 is 0 Å². The number of amides is 2. The number of urea groups is 1. The predicted molar refractivity (Wildman–Crippen MR) is 91.8 cm³/mol. The molecule has 2 fully saturated rings. The van der Waals surface area contributed by atoms with E-state index in [9.17, 15) is 9.59 Å².